The molecule has 1 amide bonds. The summed E-state index contributed by atoms with van der Waals surface area (Å²) in [5, 5.41) is 9.08. The number of amidine groups is 1. The lowest BCUT2D eigenvalue weighted by Gasteiger charge is -2.16. The van der Waals surface area contributed by atoms with Gasteiger partial charge >= 0.3 is 0 Å². The molecule has 0 radical (unpaired) electrons. The van der Waals surface area contributed by atoms with Crippen LogP contribution in [0.15, 0.2) is 58.7 Å². The van der Waals surface area contributed by atoms with Gasteiger partial charge in [-0.2, -0.15) is 5.10 Å². The summed E-state index contributed by atoms with van der Waals surface area (Å²) >= 11 is 1.48. The molecule has 1 saturated heterocycles. The molecular formula is C21H23N3O2S. The molecule has 1 fully saturated rings. The predicted molar refractivity (Wildman–Crippen MR) is 111 cm³/mol. The highest BCUT2D eigenvalue weighted by atomic mass is 32.2. The van der Waals surface area contributed by atoms with E-state index in [4.69, 9.17) is 4.74 Å². The molecule has 0 bridgehead atoms. The van der Waals surface area contributed by atoms with Crippen molar-refractivity contribution in [1.82, 2.24) is 4.90 Å². The number of rotatable bonds is 6. The summed E-state index contributed by atoms with van der Waals surface area (Å²) in [5.41, 5.74) is 3.21. The Labute approximate surface area is 164 Å². The highest BCUT2D eigenvalue weighted by Gasteiger charge is 2.36. The van der Waals surface area contributed by atoms with Gasteiger partial charge in [0.25, 0.3) is 0 Å². The Balaban J connectivity index is 1.77. The lowest BCUT2D eigenvalue weighted by atomic mass is 10.2. The molecule has 6 heteroatoms. The first kappa shape index (κ1) is 19.2. The van der Waals surface area contributed by atoms with Gasteiger partial charge in [-0.25, -0.2) is 0 Å². The fourth-order valence-electron chi connectivity index (χ4n) is 2.70. The van der Waals surface area contributed by atoms with Crippen LogP contribution in [0.25, 0.3) is 0 Å². The van der Waals surface area contributed by atoms with Gasteiger partial charge in [-0.05, 0) is 36.6 Å². The van der Waals surface area contributed by atoms with E-state index in [0.717, 1.165) is 23.3 Å². The molecule has 1 unspecified atom stereocenters. The first-order valence-electron chi connectivity index (χ1n) is 8.89. The highest BCUT2D eigenvalue weighted by molar-refractivity contribution is 8.15. The van der Waals surface area contributed by atoms with Crippen LogP contribution >= 0.6 is 11.8 Å². The zero-order valence-corrected chi connectivity index (χ0v) is 16.6. The molecule has 2 aromatic rings. The van der Waals surface area contributed by atoms with E-state index in [9.17, 15) is 4.79 Å². The maximum Gasteiger partial charge on any atom is 0.242 e. The number of thioether (sulfide) groups is 1. The summed E-state index contributed by atoms with van der Waals surface area (Å²) in [6.45, 7) is 4.54. The van der Waals surface area contributed by atoms with E-state index >= 15 is 0 Å². The van der Waals surface area contributed by atoms with Gasteiger partial charge in [-0.3, -0.25) is 9.69 Å². The maximum absolute atomic E-state index is 12.7. The summed E-state index contributed by atoms with van der Waals surface area (Å²) in [6, 6.07) is 15.8. The minimum atomic E-state index is -0.100. The number of carbonyl (C=O) groups is 1. The van der Waals surface area contributed by atoms with Crippen molar-refractivity contribution in [3.05, 3.63) is 65.2 Å². The summed E-state index contributed by atoms with van der Waals surface area (Å²) < 4.78 is 5.19. The number of aryl methyl sites for hydroxylation is 1. The number of ether oxygens (including phenoxy) is 1. The summed E-state index contributed by atoms with van der Waals surface area (Å²) in [4.78, 5) is 14.4. The number of hydrogen-bond acceptors (Lipinski definition) is 5. The third-order valence-electron chi connectivity index (χ3n) is 4.32. The third kappa shape index (κ3) is 4.77. The minimum Gasteiger partial charge on any atom is -0.497 e. The van der Waals surface area contributed by atoms with Gasteiger partial charge in [0.1, 0.15) is 5.75 Å². The molecule has 0 spiro atoms. The quantitative estimate of drug-likeness (QED) is 0.555. The molecule has 0 aliphatic carbocycles. The maximum atomic E-state index is 12.7. The molecule has 1 heterocycles. The van der Waals surface area contributed by atoms with Crippen LogP contribution in [0.3, 0.4) is 0 Å². The van der Waals surface area contributed by atoms with E-state index in [1.165, 1.54) is 17.3 Å². The van der Waals surface area contributed by atoms with E-state index in [-0.39, 0.29) is 11.2 Å². The van der Waals surface area contributed by atoms with Crippen molar-refractivity contribution in [2.75, 3.05) is 7.11 Å². The topological polar surface area (TPSA) is 54.3 Å². The van der Waals surface area contributed by atoms with Crippen molar-refractivity contribution in [3.8, 4) is 5.75 Å². The molecule has 1 aliphatic heterocycles. The standard InChI is InChI=1S/C21H23N3O2S/c1-4-19-20(25)24(14-17-9-11-18(26-3)12-10-17)21(27-19)23-22-13-16-7-5-15(2)6-8-16/h5-13,19H,4,14H2,1-3H3/b22-13+,23-21+. The average Bonchev–Trinajstić information content (AvgIpc) is 2.99. The first-order valence-corrected chi connectivity index (χ1v) is 9.77. The van der Waals surface area contributed by atoms with Gasteiger partial charge in [0, 0.05) is 0 Å². The summed E-state index contributed by atoms with van der Waals surface area (Å²) in [7, 11) is 1.64. The van der Waals surface area contributed by atoms with Gasteiger partial charge in [0.05, 0.1) is 25.1 Å². The van der Waals surface area contributed by atoms with Crippen LogP contribution < -0.4 is 4.74 Å². The van der Waals surface area contributed by atoms with Gasteiger partial charge in [-0.15, -0.1) is 5.10 Å². The van der Waals surface area contributed by atoms with Crippen molar-refractivity contribution >= 4 is 29.1 Å². The van der Waals surface area contributed by atoms with Crippen molar-refractivity contribution in [1.29, 1.82) is 0 Å². The number of hydrogen-bond donors (Lipinski definition) is 0. The Morgan fingerprint density at radius 3 is 2.48 bits per heavy atom. The molecule has 1 atom stereocenters. The van der Waals surface area contributed by atoms with Gasteiger partial charge < -0.3 is 4.74 Å². The summed E-state index contributed by atoms with van der Waals surface area (Å²) in [5.74, 6) is 0.881. The Bertz CT molecular complexity index is 845. The first-order chi connectivity index (χ1) is 13.1. The zero-order chi connectivity index (χ0) is 19.2. The Morgan fingerprint density at radius 2 is 1.85 bits per heavy atom. The van der Waals surface area contributed by atoms with Crippen LogP contribution in [0, 0.1) is 6.92 Å². The molecule has 3 rings (SSSR count). The molecule has 0 aromatic heterocycles. The van der Waals surface area contributed by atoms with Gasteiger partial charge in [0.15, 0.2) is 5.17 Å². The van der Waals surface area contributed by atoms with Crippen LogP contribution in [0.1, 0.15) is 30.0 Å². The van der Waals surface area contributed by atoms with Crippen molar-refractivity contribution < 1.29 is 9.53 Å². The second-order valence-corrected chi connectivity index (χ2v) is 7.49. The van der Waals surface area contributed by atoms with Gasteiger partial charge in [0.2, 0.25) is 5.91 Å². The highest BCUT2D eigenvalue weighted by Crippen LogP contribution is 2.31. The van der Waals surface area contributed by atoms with Crippen LogP contribution in [-0.4, -0.2) is 34.5 Å². The van der Waals surface area contributed by atoms with Crippen LogP contribution in [0.4, 0.5) is 0 Å². The third-order valence-corrected chi connectivity index (χ3v) is 5.65. The Kier molecular flexibility index (Phi) is 6.29. The van der Waals surface area contributed by atoms with E-state index in [1.807, 2.05) is 62.4 Å². The second kappa shape index (κ2) is 8.86. The average molecular weight is 382 g/mol. The van der Waals surface area contributed by atoms with E-state index in [0.29, 0.717) is 11.7 Å². The number of amides is 1. The van der Waals surface area contributed by atoms with Crippen LogP contribution in [0.5, 0.6) is 5.75 Å². The molecule has 0 N–H and O–H groups in total. The fourth-order valence-corrected chi connectivity index (χ4v) is 3.73. The number of carbonyl (C=O) groups excluding carboxylic acids is 1. The molecule has 1 aliphatic rings. The van der Waals surface area contributed by atoms with Gasteiger partial charge in [-0.1, -0.05) is 60.6 Å². The summed E-state index contributed by atoms with van der Waals surface area (Å²) in [6.07, 6.45) is 2.48. The monoisotopic (exact) mass is 381 g/mol. The lowest BCUT2D eigenvalue weighted by Crippen LogP contribution is -2.31. The Hall–Kier alpha value is -2.60. The number of nitrogens with zero attached hydrogens (tertiary/aromatic N) is 3. The normalized spacial score (nSPS) is 18.6. The largest absolute Gasteiger partial charge is 0.497 e. The number of benzene rings is 2. The minimum absolute atomic E-state index is 0.0857. The SMILES string of the molecule is CCC1S/C(=N/N=C/c2ccc(C)cc2)N(Cc2ccc(OC)cc2)C1=O. The smallest absolute Gasteiger partial charge is 0.242 e. The van der Waals surface area contributed by atoms with E-state index in [2.05, 4.69) is 10.2 Å². The van der Waals surface area contributed by atoms with Crippen molar-refractivity contribution in [2.24, 2.45) is 10.2 Å². The zero-order valence-electron chi connectivity index (χ0n) is 15.8. The molecule has 0 saturated carbocycles. The van der Waals surface area contributed by atoms with Crippen LogP contribution in [0.2, 0.25) is 0 Å². The lowest BCUT2D eigenvalue weighted by molar-refractivity contribution is -0.126. The van der Waals surface area contributed by atoms with E-state index < -0.39 is 0 Å². The van der Waals surface area contributed by atoms with Crippen molar-refractivity contribution in [3.63, 3.8) is 0 Å². The predicted octanol–water partition coefficient (Wildman–Crippen LogP) is 4.25. The van der Waals surface area contributed by atoms with E-state index in [1.54, 1.807) is 18.2 Å². The molecule has 140 valence electrons. The fraction of sp³-hybridized carbons (Fsp3) is 0.286. The molecule has 27 heavy (non-hydrogen) atoms. The van der Waals surface area contributed by atoms with Crippen LogP contribution in [-0.2, 0) is 11.3 Å². The Morgan fingerprint density at radius 1 is 1.15 bits per heavy atom. The molecule has 5 nitrogen and oxygen atoms in total. The second-order valence-electron chi connectivity index (χ2n) is 6.33. The molecule has 2 aromatic carbocycles. The molecular weight excluding hydrogens is 358 g/mol. The van der Waals surface area contributed by atoms with Crippen molar-refractivity contribution in [2.45, 2.75) is 32.1 Å². The number of methoxy groups -OCH3 is 1.